The van der Waals surface area contributed by atoms with Crippen molar-refractivity contribution in [3.8, 4) is 5.75 Å². The SMILES string of the molecule is O=c1ccc2c(C(O)CN[C@@H]3CCc4ccccc43)ccc(OCc3ccccc3)c2[nH]1. The maximum atomic E-state index is 12.0. The molecule has 0 radical (unpaired) electrons. The summed E-state index contributed by atoms with van der Waals surface area (Å²) in [6.45, 7) is 0.828. The number of hydrogen-bond donors (Lipinski definition) is 3. The highest BCUT2D eigenvalue weighted by molar-refractivity contribution is 5.87. The van der Waals surface area contributed by atoms with Crippen LogP contribution in [0.2, 0.25) is 0 Å². The predicted molar refractivity (Wildman–Crippen MR) is 126 cm³/mol. The molecule has 1 aromatic heterocycles. The van der Waals surface area contributed by atoms with Gasteiger partial charge in [-0.1, -0.05) is 60.7 Å². The van der Waals surface area contributed by atoms with E-state index in [9.17, 15) is 9.90 Å². The molecule has 0 aliphatic heterocycles. The van der Waals surface area contributed by atoms with Gasteiger partial charge in [0.2, 0.25) is 5.56 Å². The number of aromatic nitrogens is 1. The van der Waals surface area contributed by atoms with Gasteiger partial charge in [-0.25, -0.2) is 0 Å². The minimum atomic E-state index is -0.709. The maximum absolute atomic E-state index is 12.0. The van der Waals surface area contributed by atoms with E-state index in [1.54, 1.807) is 6.07 Å². The van der Waals surface area contributed by atoms with Crippen molar-refractivity contribution in [2.24, 2.45) is 0 Å². The van der Waals surface area contributed by atoms with Gasteiger partial charge >= 0.3 is 0 Å². The number of nitrogens with one attached hydrogen (secondary N) is 2. The highest BCUT2D eigenvalue weighted by Crippen LogP contribution is 2.33. The molecule has 1 unspecified atom stereocenters. The summed E-state index contributed by atoms with van der Waals surface area (Å²) in [5.41, 5.74) is 4.91. The molecule has 1 heterocycles. The summed E-state index contributed by atoms with van der Waals surface area (Å²) in [5.74, 6) is 0.593. The molecule has 0 bridgehead atoms. The Morgan fingerprint density at radius 3 is 2.69 bits per heavy atom. The van der Waals surface area contributed by atoms with Gasteiger partial charge in [-0.2, -0.15) is 0 Å². The summed E-state index contributed by atoms with van der Waals surface area (Å²) in [7, 11) is 0. The zero-order valence-electron chi connectivity index (χ0n) is 17.8. The fraction of sp³-hybridized carbons (Fsp3) is 0.222. The van der Waals surface area contributed by atoms with Crippen LogP contribution >= 0.6 is 0 Å². The Labute approximate surface area is 186 Å². The Hall–Kier alpha value is -3.41. The van der Waals surface area contributed by atoms with E-state index in [0.717, 1.165) is 29.4 Å². The summed E-state index contributed by atoms with van der Waals surface area (Å²) < 4.78 is 6.01. The van der Waals surface area contributed by atoms with E-state index < -0.39 is 6.10 Å². The van der Waals surface area contributed by atoms with Crippen molar-refractivity contribution in [3.05, 3.63) is 111 Å². The van der Waals surface area contributed by atoms with Crippen LogP contribution in [0.15, 0.2) is 83.7 Å². The number of hydrogen-bond acceptors (Lipinski definition) is 4. The van der Waals surface area contributed by atoms with Crippen molar-refractivity contribution in [2.75, 3.05) is 6.54 Å². The Morgan fingerprint density at radius 1 is 1.00 bits per heavy atom. The van der Waals surface area contributed by atoms with Crippen LogP contribution in [0.5, 0.6) is 5.75 Å². The molecule has 1 aliphatic rings. The standard InChI is InChI=1S/C27H26N2O3/c30-24(16-28-23-13-10-19-8-4-5-9-20(19)23)21-11-14-25(27-22(21)12-15-26(31)29-27)32-17-18-6-2-1-3-7-18/h1-9,11-12,14-15,23-24,28,30H,10,13,16-17H2,(H,29,31)/t23-,24?/m1/s1. The van der Waals surface area contributed by atoms with E-state index >= 15 is 0 Å². The van der Waals surface area contributed by atoms with Crippen molar-refractivity contribution in [1.82, 2.24) is 10.3 Å². The lowest BCUT2D eigenvalue weighted by Crippen LogP contribution is -2.25. The lowest BCUT2D eigenvalue weighted by Gasteiger charge is -2.20. The van der Waals surface area contributed by atoms with Gasteiger partial charge in [-0.15, -0.1) is 0 Å². The number of aromatic amines is 1. The van der Waals surface area contributed by atoms with Crippen molar-refractivity contribution >= 4 is 10.9 Å². The third-order valence-corrected chi connectivity index (χ3v) is 6.18. The van der Waals surface area contributed by atoms with E-state index in [1.165, 1.54) is 17.2 Å². The summed E-state index contributed by atoms with van der Waals surface area (Å²) in [4.78, 5) is 14.9. The largest absolute Gasteiger partial charge is 0.487 e. The summed E-state index contributed by atoms with van der Waals surface area (Å²) in [5, 5.41) is 15.3. The second-order valence-electron chi connectivity index (χ2n) is 8.25. The minimum Gasteiger partial charge on any atom is -0.487 e. The van der Waals surface area contributed by atoms with Crippen molar-refractivity contribution in [2.45, 2.75) is 31.6 Å². The zero-order chi connectivity index (χ0) is 21.9. The number of aliphatic hydroxyl groups excluding tert-OH is 1. The number of H-pyrrole nitrogens is 1. The molecule has 0 saturated carbocycles. The van der Waals surface area contributed by atoms with Gasteiger partial charge < -0.3 is 20.1 Å². The van der Waals surface area contributed by atoms with E-state index in [1.807, 2.05) is 42.5 Å². The van der Waals surface area contributed by atoms with E-state index in [2.05, 4.69) is 34.6 Å². The molecule has 0 amide bonds. The van der Waals surface area contributed by atoms with Gasteiger partial charge in [0.1, 0.15) is 12.4 Å². The van der Waals surface area contributed by atoms with E-state index in [-0.39, 0.29) is 11.6 Å². The fourth-order valence-electron chi connectivity index (χ4n) is 4.53. The molecule has 0 saturated heterocycles. The highest BCUT2D eigenvalue weighted by atomic mass is 16.5. The number of aryl methyl sites for hydroxylation is 1. The predicted octanol–water partition coefficient (Wildman–Crippen LogP) is 4.42. The monoisotopic (exact) mass is 426 g/mol. The molecule has 0 fully saturated rings. The van der Waals surface area contributed by atoms with Crippen LogP contribution < -0.4 is 15.6 Å². The Kier molecular flexibility index (Phi) is 5.75. The van der Waals surface area contributed by atoms with Gasteiger partial charge in [0.25, 0.3) is 0 Å². The van der Waals surface area contributed by atoms with Crippen molar-refractivity contribution < 1.29 is 9.84 Å². The molecule has 32 heavy (non-hydrogen) atoms. The lowest BCUT2D eigenvalue weighted by atomic mass is 10.0. The van der Waals surface area contributed by atoms with Crippen LogP contribution in [-0.2, 0) is 13.0 Å². The van der Waals surface area contributed by atoms with Crippen LogP contribution in [-0.4, -0.2) is 16.6 Å². The van der Waals surface area contributed by atoms with Crippen molar-refractivity contribution in [1.29, 1.82) is 0 Å². The number of fused-ring (bicyclic) bond motifs is 2. The third kappa shape index (κ3) is 4.17. The first kappa shape index (κ1) is 20.5. The molecule has 3 aromatic carbocycles. The second kappa shape index (κ2) is 8.99. The van der Waals surface area contributed by atoms with Gasteiger partial charge in [-0.3, -0.25) is 4.79 Å². The minimum absolute atomic E-state index is 0.200. The molecule has 5 nitrogen and oxygen atoms in total. The second-order valence-corrected chi connectivity index (χ2v) is 8.25. The van der Waals surface area contributed by atoms with Crippen molar-refractivity contribution in [3.63, 3.8) is 0 Å². The topological polar surface area (TPSA) is 74.3 Å². The average Bonchev–Trinajstić information content (AvgIpc) is 3.24. The van der Waals surface area contributed by atoms with Gasteiger partial charge in [0, 0.05) is 24.0 Å². The van der Waals surface area contributed by atoms with Crippen LogP contribution in [0.1, 0.15) is 40.8 Å². The fourth-order valence-corrected chi connectivity index (χ4v) is 4.53. The highest BCUT2D eigenvalue weighted by Gasteiger charge is 2.23. The quantitative estimate of drug-likeness (QED) is 0.409. The molecule has 5 heteroatoms. The van der Waals surface area contributed by atoms with E-state index in [4.69, 9.17) is 4.74 Å². The number of ether oxygens (including phenoxy) is 1. The Balaban J connectivity index is 1.36. The maximum Gasteiger partial charge on any atom is 0.248 e. The molecule has 4 aromatic rings. The van der Waals surface area contributed by atoms with Crippen LogP contribution in [0.3, 0.4) is 0 Å². The normalized spacial score (nSPS) is 16.1. The number of rotatable bonds is 7. The molecular formula is C27H26N2O3. The van der Waals surface area contributed by atoms with Gasteiger partial charge in [-0.05, 0) is 47.2 Å². The summed E-state index contributed by atoms with van der Waals surface area (Å²) >= 11 is 0. The average molecular weight is 427 g/mol. The molecule has 162 valence electrons. The first-order valence-electron chi connectivity index (χ1n) is 11.0. The number of aliphatic hydroxyl groups is 1. The summed E-state index contributed by atoms with van der Waals surface area (Å²) in [6.07, 6.45) is 1.38. The van der Waals surface area contributed by atoms with Crippen LogP contribution in [0, 0.1) is 0 Å². The molecule has 3 N–H and O–H groups in total. The van der Waals surface area contributed by atoms with Gasteiger partial charge in [0.05, 0.1) is 11.6 Å². The van der Waals surface area contributed by atoms with E-state index in [0.29, 0.717) is 24.4 Å². The van der Waals surface area contributed by atoms with Crippen LogP contribution in [0.25, 0.3) is 10.9 Å². The Bertz CT molecular complexity index is 1280. The molecule has 1 aliphatic carbocycles. The lowest BCUT2D eigenvalue weighted by molar-refractivity contribution is 0.171. The first-order chi connectivity index (χ1) is 15.7. The molecule has 5 rings (SSSR count). The zero-order valence-corrected chi connectivity index (χ0v) is 17.8. The van der Waals surface area contributed by atoms with Gasteiger partial charge in [0.15, 0.2) is 0 Å². The molecular weight excluding hydrogens is 400 g/mol. The number of pyridine rings is 1. The summed E-state index contributed by atoms with van der Waals surface area (Å²) in [6, 6.07) is 25.6. The van der Waals surface area contributed by atoms with Crippen LogP contribution in [0.4, 0.5) is 0 Å². The smallest absolute Gasteiger partial charge is 0.248 e. The number of benzene rings is 3. The Morgan fingerprint density at radius 2 is 1.81 bits per heavy atom. The molecule has 2 atom stereocenters. The first-order valence-corrected chi connectivity index (χ1v) is 11.0. The molecule has 0 spiro atoms. The third-order valence-electron chi connectivity index (χ3n) is 6.18.